The fraction of sp³-hybridized carbons (Fsp3) is 0.143. The number of aryl methyl sites for hydroxylation is 1. The Morgan fingerprint density at radius 1 is 1.00 bits per heavy atom. The van der Waals surface area contributed by atoms with Crippen LogP contribution in [-0.4, -0.2) is 9.97 Å². The summed E-state index contributed by atoms with van der Waals surface area (Å²) in [5.41, 5.74) is 7.20. The van der Waals surface area contributed by atoms with E-state index < -0.39 is 0 Å². The molecule has 24 heavy (non-hydrogen) atoms. The summed E-state index contributed by atoms with van der Waals surface area (Å²) < 4.78 is 0. The van der Waals surface area contributed by atoms with Crippen molar-refractivity contribution in [1.82, 2.24) is 9.97 Å². The molecule has 0 N–H and O–H groups in total. The zero-order valence-electron chi connectivity index (χ0n) is 13.5. The van der Waals surface area contributed by atoms with E-state index in [2.05, 4.69) is 59.3 Å². The highest BCUT2D eigenvalue weighted by molar-refractivity contribution is 6.06. The second-order valence-corrected chi connectivity index (χ2v) is 6.46. The van der Waals surface area contributed by atoms with Crippen molar-refractivity contribution in [2.24, 2.45) is 0 Å². The van der Waals surface area contributed by atoms with Crippen LogP contribution in [0.5, 0.6) is 0 Å². The lowest BCUT2D eigenvalue weighted by Gasteiger charge is -2.19. The zero-order chi connectivity index (χ0) is 16.1. The fourth-order valence-corrected chi connectivity index (χ4v) is 3.72. The Kier molecular flexibility index (Phi) is 2.83. The normalized spacial score (nSPS) is 13.1. The van der Waals surface area contributed by atoms with Crippen molar-refractivity contribution in [2.45, 2.75) is 20.0 Å². The van der Waals surface area contributed by atoms with Crippen molar-refractivity contribution >= 4 is 27.5 Å². The van der Waals surface area contributed by atoms with Gasteiger partial charge in [0.05, 0.1) is 23.3 Å². The van der Waals surface area contributed by atoms with Gasteiger partial charge < -0.3 is 4.90 Å². The third-order valence-corrected chi connectivity index (χ3v) is 4.81. The number of nitrogens with zero attached hydrogens (tertiary/aromatic N) is 3. The first-order valence-corrected chi connectivity index (χ1v) is 8.26. The van der Waals surface area contributed by atoms with E-state index in [1.54, 1.807) is 0 Å². The predicted molar refractivity (Wildman–Crippen MR) is 98.1 cm³/mol. The van der Waals surface area contributed by atoms with Crippen molar-refractivity contribution in [2.75, 3.05) is 4.90 Å². The largest absolute Gasteiger partial charge is 0.361 e. The first kappa shape index (κ1) is 13.5. The van der Waals surface area contributed by atoms with Gasteiger partial charge in [0.15, 0.2) is 0 Å². The number of hydrogen-bond donors (Lipinski definition) is 0. The highest BCUT2D eigenvalue weighted by Crippen LogP contribution is 2.40. The minimum Gasteiger partial charge on any atom is -0.361 e. The molecule has 5 rings (SSSR count). The van der Waals surface area contributed by atoms with Gasteiger partial charge in [-0.25, -0.2) is 4.98 Å². The first-order chi connectivity index (χ1) is 11.8. The molecule has 3 nitrogen and oxygen atoms in total. The first-order valence-electron chi connectivity index (χ1n) is 8.26. The molecule has 2 aromatic heterocycles. The summed E-state index contributed by atoms with van der Waals surface area (Å²) in [5, 5.41) is 2.57. The van der Waals surface area contributed by atoms with E-state index in [9.17, 15) is 0 Å². The Labute approximate surface area is 140 Å². The lowest BCUT2D eigenvalue weighted by atomic mass is 10.0. The van der Waals surface area contributed by atoms with Gasteiger partial charge in [0, 0.05) is 29.2 Å². The molecule has 3 heterocycles. The zero-order valence-corrected chi connectivity index (χ0v) is 13.5. The third-order valence-electron chi connectivity index (χ3n) is 4.81. The van der Waals surface area contributed by atoms with Gasteiger partial charge in [0.25, 0.3) is 0 Å². The average Bonchev–Trinajstić information content (AvgIpc) is 2.97. The predicted octanol–water partition coefficient (Wildman–Crippen LogP) is 4.61. The standard InChI is InChI=1S/C21H17N3/c1-14-8-9-18-16(11-14)17-13-24(12-15-5-2-3-10-22-15)20-7-4-6-19(23-18)21(17)20/h2-11H,12-13H2,1H3. The molecule has 0 saturated carbocycles. The molecule has 116 valence electrons. The topological polar surface area (TPSA) is 29.0 Å². The minimum atomic E-state index is 0.821. The van der Waals surface area contributed by atoms with Crippen LogP contribution in [0.3, 0.4) is 0 Å². The Bertz CT molecular complexity index is 1070. The molecule has 4 aromatic rings. The molecule has 0 atom stereocenters. The van der Waals surface area contributed by atoms with E-state index in [1.807, 2.05) is 18.3 Å². The SMILES string of the molecule is Cc1ccc2nc3cccc4c3c(c2c1)CN4Cc1ccccn1. The van der Waals surface area contributed by atoms with Crippen LogP contribution in [-0.2, 0) is 13.1 Å². The van der Waals surface area contributed by atoms with E-state index >= 15 is 0 Å². The summed E-state index contributed by atoms with van der Waals surface area (Å²) in [5.74, 6) is 0. The number of rotatable bonds is 2. The van der Waals surface area contributed by atoms with Crippen LogP contribution in [0.1, 0.15) is 16.8 Å². The number of aromatic nitrogens is 2. The van der Waals surface area contributed by atoms with Crippen LogP contribution in [0.25, 0.3) is 21.8 Å². The maximum Gasteiger partial charge on any atom is 0.0734 e. The van der Waals surface area contributed by atoms with Crippen LogP contribution in [0, 0.1) is 6.92 Å². The van der Waals surface area contributed by atoms with Crippen LogP contribution < -0.4 is 4.90 Å². The van der Waals surface area contributed by atoms with Gasteiger partial charge in [0.1, 0.15) is 0 Å². The summed E-state index contributed by atoms with van der Waals surface area (Å²) >= 11 is 0. The van der Waals surface area contributed by atoms with E-state index in [1.165, 1.54) is 27.6 Å². The Balaban J connectivity index is 1.71. The van der Waals surface area contributed by atoms with E-state index in [4.69, 9.17) is 4.98 Å². The summed E-state index contributed by atoms with van der Waals surface area (Å²) in [6, 6.07) is 19.0. The molecular formula is C21H17N3. The maximum absolute atomic E-state index is 4.88. The number of pyridine rings is 2. The summed E-state index contributed by atoms with van der Waals surface area (Å²) in [6.45, 7) is 3.87. The quantitative estimate of drug-likeness (QED) is 0.506. The highest BCUT2D eigenvalue weighted by atomic mass is 15.2. The van der Waals surface area contributed by atoms with Gasteiger partial charge in [-0.3, -0.25) is 4.98 Å². The molecule has 3 heteroatoms. The van der Waals surface area contributed by atoms with Crippen LogP contribution >= 0.6 is 0 Å². The molecule has 1 aliphatic heterocycles. The number of benzene rings is 2. The molecule has 0 bridgehead atoms. The van der Waals surface area contributed by atoms with Crippen LogP contribution in [0.2, 0.25) is 0 Å². The molecule has 2 aromatic carbocycles. The molecule has 0 aliphatic carbocycles. The second kappa shape index (κ2) is 5.03. The molecule has 0 saturated heterocycles. The number of fused-ring (bicyclic) bond motifs is 2. The molecular weight excluding hydrogens is 294 g/mol. The van der Waals surface area contributed by atoms with Crippen molar-refractivity contribution in [3.05, 3.63) is 77.6 Å². The van der Waals surface area contributed by atoms with E-state index in [0.29, 0.717) is 0 Å². The summed E-state index contributed by atoms with van der Waals surface area (Å²) in [4.78, 5) is 11.8. The smallest absolute Gasteiger partial charge is 0.0734 e. The maximum atomic E-state index is 4.88. The average molecular weight is 311 g/mol. The van der Waals surface area contributed by atoms with Gasteiger partial charge >= 0.3 is 0 Å². The van der Waals surface area contributed by atoms with E-state index in [0.717, 1.165) is 29.8 Å². The molecule has 0 spiro atoms. The van der Waals surface area contributed by atoms with Crippen LogP contribution in [0.4, 0.5) is 5.69 Å². The Morgan fingerprint density at radius 2 is 1.96 bits per heavy atom. The van der Waals surface area contributed by atoms with Crippen molar-refractivity contribution in [1.29, 1.82) is 0 Å². The summed E-state index contributed by atoms with van der Waals surface area (Å²) in [6.07, 6.45) is 1.86. The third kappa shape index (κ3) is 1.98. The van der Waals surface area contributed by atoms with Crippen molar-refractivity contribution in [3.63, 3.8) is 0 Å². The fourth-order valence-electron chi connectivity index (χ4n) is 3.72. The van der Waals surface area contributed by atoms with Gasteiger partial charge in [-0.1, -0.05) is 23.8 Å². The number of hydrogen-bond acceptors (Lipinski definition) is 3. The van der Waals surface area contributed by atoms with Gasteiger partial charge in [-0.05, 0) is 48.9 Å². The van der Waals surface area contributed by atoms with Gasteiger partial charge in [-0.15, -0.1) is 0 Å². The molecule has 0 radical (unpaired) electrons. The van der Waals surface area contributed by atoms with Crippen LogP contribution in [0.15, 0.2) is 60.8 Å². The second-order valence-electron chi connectivity index (χ2n) is 6.46. The Morgan fingerprint density at radius 3 is 2.83 bits per heavy atom. The molecule has 0 unspecified atom stereocenters. The van der Waals surface area contributed by atoms with Crippen molar-refractivity contribution in [3.8, 4) is 0 Å². The van der Waals surface area contributed by atoms with Crippen molar-refractivity contribution < 1.29 is 0 Å². The molecule has 0 fully saturated rings. The summed E-state index contributed by atoms with van der Waals surface area (Å²) in [7, 11) is 0. The monoisotopic (exact) mass is 311 g/mol. The lowest BCUT2D eigenvalue weighted by molar-refractivity contribution is 0.808. The highest BCUT2D eigenvalue weighted by Gasteiger charge is 2.24. The molecule has 0 amide bonds. The molecule has 1 aliphatic rings. The van der Waals surface area contributed by atoms with Gasteiger partial charge in [-0.2, -0.15) is 0 Å². The van der Waals surface area contributed by atoms with E-state index in [-0.39, 0.29) is 0 Å². The number of anilines is 1. The Hall–Kier alpha value is -2.94. The lowest BCUT2D eigenvalue weighted by Crippen LogP contribution is -2.18. The van der Waals surface area contributed by atoms with Gasteiger partial charge in [0.2, 0.25) is 0 Å². The minimum absolute atomic E-state index is 0.821.